The fourth-order valence-corrected chi connectivity index (χ4v) is 7.58. The Labute approximate surface area is 339 Å². The van der Waals surface area contributed by atoms with Gasteiger partial charge in [-0.05, 0) is 44.9 Å². The summed E-state index contributed by atoms with van der Waals surface area (Å²) in [6.07, 6.45) is 44.0. The summed E-state index contributed by atoms with van der Waals surface area (Å²) < 4.78 is 22.1. The van der Waals surface area contributed by atoms with E-state index in [-0.39, 0.29) is 19.6 Å². The molecule has 0 fully saturated rings. The number of aliphatic hydroxyl groups is 2. The highest BCUT2D eigenvalue weighted by atomic mass is 31.2. The van der Waals surface area contributed by atoms with Crippen molar-refractivity contribution in [3.63, 3.8) is 0 Å². The Bertz CT molecular complexity index is 935. The highest BCUT2D eigenvalue weighted by Crippen LogP contribution is 2.43. The average molecular weight is 801 g/mol. The first-order valence-corrected chi connectivity index (χ1v) is 24.5. The lowest BCUT2D eigenvalue weighted by Gasteiger charge is -2.24. The number of unbranched alkanes of at least 4 members (excludes halogenated alkanes) is 27. The third-order valence-electron chi connectivity index (χ3n) is 10.3. The molecule has 0 aromatic rings. The van der Waals surface area contributed by atoms with E-state index in [1.165, 1.54) is 141 Å². The van der Waals surface area contributed by atoms with Gasteiger partial charge in [0.2, 0.25) is 5.91 Å². The normalized spacial score (nSPS) is 14.8. The number of nitrogens with two attached hydrogens (primary N) is 1. The SMILES string of the molecule is CCCCCCCCC/C=C\CCCCCC(O)CC(=O)NC(COP(=O)(O)OCCN)C(O)/C=C/CCCCCCCCCCCCCCCCCCC. The van der Waals surface area contributed by atoms with E-state index in [2.05, 4.69) is 31.3 Å². The number of amides is 1. The van der Waals surface area contributed by atoms with E-state index in [1.807, 2.05) is 6.08 Å². The Kier molecular flexibility index (Phi) is 40.3. The minimum atomic E-state index is -4.40. The van der Waals surface area contributed by atoms with E-state index < -0.39 is 38.6 Å². The molecule has 0 rings (SSSR count). The molecule has 326 valence electrons. The zero-order valence-electron chi connectivity index (χ0n) is 35.8. The Balaban J connectivity index is 4.30. The molecule has 0 aliphatic carbocycles. The molecule has 9 nitrogen and oxygen atoms in total. The first kappa shape index (κ1) is 53.9. The standard InChI is InChI=1S/C45H89N2O7P/c1-3-5-7-9-11-13-15-17-19-20-21-22-23-25-27-29-31-33-35-37-44(49)43(41-54-55(51,52)53-39-38-46)47-45(50)40-42(48)36-34-32-30-28-26-24-18-16-14-12-10-8-6-4-2/h24,26,35,37,42-44,48-49H,3-23,25,27-34,36,38-41,46H2,1-2H3,(H,47,50)(H,51,52)/b26-24-,37-35+. The van der Waals surface area contributed by atoms with Crippen LogP contribution in [0.2, 0.25) is 0 Å². The van der Waals surface area contributed by atoms with Crippen LogP contribution in [0.5, 0.6) is 0 Å². The summed E-state index contributed by atoms with van der Waals surface area (Å²) in [6.45, 7) is 3.98. The number of phosphoric acid groups is 1. The van der Waals surface area contributed by atoms with Crippen LogP contribution in [-0.4, -0.2) is 59.0 Å². The minimum absolute atomic E-state index is 0.0483. The lowest BCUT2D eigenvalue weighted by molar-refractivity contribution is -0.124. The molecule has 0 radical (unpaired) electrons. The van der Waals surface area contributed by atoms with Gasteiger partial charge in [0.05, 0.1) is 37.9 Å². The van der Waals surface area contributed by atoms with Gasteiger partial charge in [0.15, 0.2) is 0 Å². The van der Waals surface area contributed by atoms with Crippen LogP contribution in [0.4, 0.5) is 0 Å². The summed E-state index contributed by atoms with van der Waals surface area (Å²) in [7, 11) is -4.40. The molecule has 0 aliphatic rings. The minimum Gasteiger partial charge on any atom is -0.393 e. The molecule has 1 amide bonds. The molecular weight excluding hydrogens is 711 g/mol. The summed E-state index contributed by atoms with van der Waals surface area (Å²) in [5.41, 5.74) is 5.37. The monoisotopic (exact) mass is 801 g/mol. The van der Waals surface area contributed by atoms with Crippen LogP contribution >= 0.6 is 7.82 Å². The molecule has 4 unspecified atom stereocenters. The third kappa shape index (κ3) is 39.5. The summed E-state index contributed by atoms with van der Waals surface area (Å²) in [4.78, 5) is 22.8. The first-order valence-electron chi connectivity index (χ1n) is 23.0. The summed E-state index contributed by atoms with van der Waals surface area (Å²) in [5.74, 6) is -0.453. The van der Waals surface area contributed by atoms with Crippen molar-refractivity contribution in [2.45, 2.75) is 238 Å². The first-order chi connectivity index (χ1) is 26.8. The van der Waals surface area contributed by atoms with E-state index in [9.17, 15) is 24.5 Å². The highest BCUT2D eigenvalue weighted by molar-refractivity contribution is 7.47. The topological polar surface area (TPSA) is 151 Å². The Morgan fingerprint density at radius 3 is 1.45 bits per heavy atom. The van der Waals surface area contributed by atoms with Crippen LogP contribution in [0.3, 0.4) is 0 Å². The summed E-state index contributed by atoms with van der Waals surface area (Å²) >= 11 is 0. The Hall–Kier alpha value is -1.06. The smallest absolute Gasteiger partial charge is 0.393 e. The molecule has 0 aliphatic heterocycles. The number of carbonyl (C=O) groups is 1. The fraction of sp³-hybridized carbons (Fsp3) is 0.889. The number of allylic oxidation sites excluding steroid dienone is 3. The number of hydrogen-bond acceptors (Lipinski definition) is 7. The van der Waals surface area contributed by atoms with Crippen molar-refractivity contribution in [2.24, 2.45) is 5.73 Å². The second-order valence-electron chi connectivity index (χ2n) is 15.8. The lowest BCUT2D eigenvalue weighted by atomic mass is 10.0. The highest BCUT2D eigenvalue weighted by Gasteiger charge is 2.27. The van der Waals surface area contributed by atoms with Crippen LogP contribution in [0, 0.1) is 0 Å². The van der Waals surface area contributed by atoms with Gasteiger partial charge < -0.3 is 26.2 Å². The molecule has 0 aromatic heterocycles. The maximum absolute atomic E-state index is 12.8. The van der Waals surface area contributed by atoms with Gasteiger partial charge in [0, 0.05) is 6.54 Å². The number of aliphatic hydroxyl groups excluding tert-OH is 2. The van der Waals surface area contributed by atoms with Gasteiger partial charge in [-0.25, -0.2) is 4.57 Å². The fourth-order valence-electron chi connectivity index (χ4n) is 6.82. The van der Waals surface area contributed by atoms with E-state index in [1.54, 1.807) is 6.08 Å². The van der Waals surface area contributed by atoms with Crippen LogP contribution in [0.1, 0.15) is 219 Å². The molecule has 0 spiro atoms. The van der Waals surface area contributed by atoms with E-state index in [0.717, 1.165) is 51.4 Å². The van der Waals surface area contributed by atoms with Gasteiger partial charge in [-0.15, -0.1) is 0 Å². The van der Waals surface area contributed by atoms with Crippen LogP contribution < -0.4 is 11.1 Å². The number of phosphoric ester groups is 1. The van der Waals surface area contributed by atoms with E-state index in [0.29, 0.717) is 6.42 Å². The number of nitrogens with one attached hydrogen (secondary N) is 1. The second-order valence-corrected chi connectivity index (χ2v) is 17.3. The van der Waals surface area contributed by atoms with Gasteiger partial charge >= 0.3 is 7.82 Å². The Morgan fingerprint density at radius 2 is 1.02 bits per heavy atom. The zero-order chi connectivity index (χ0) is 40.5. The summed E-state index contributed by atoms with van der Waals surface area (Å²) in [6, 6.07) is -0.985. The molecular formula is C45H89N2O7P. The van der Waals surface area contributed by atoms with Gasteiger partial charge in [0.25, 0.3) is 0 Å². The van der Waals surface area contributed by atoms with Crippen LogP contribution in [-0.2, 0) is 18.4 Å². The molecule has 0 saturated heterocycles. The number of hydrogen-bond donors (Lipinski definition) is 5. The largest absolute Gasteiger partial charge is 0.472 e. The maximum atomic E-state index is 12.8. The second kappa shape index (κ2) is 41.1. The third-order valence-corrected chi connectivity index (χ3v) is 11.3. The predicted molar refractivity (Wildman–Crippen MR) is 232 cm³/mol. The van der Waals surface area contributed by atoms with Gasteiger partial charge in [-0.3, -0.25) is 13.8 Å². The quantitative estimate of drug-likeness (QED) is 0.0232. The molecule has 0 bridgehead atoms. The molecule has 0 saturated carbocycles. The van der Waals surface area contributed by atoms with Crippen molar-refractivity contribution < 1.29 is 33.5 Å². The van der Waals surface area contributed by atoms with Crippen molar-refractivity contribution in [1.29, 1.82) is 0 Å². The van der Waals surface area contributed by atoms with Gasteiger partial charge in [-0.2, -0.15) is 0 Å². The van der Waals surface area contributed by atoms with Crippen molar-refractivity contribution in [2.75, 3.05) is 19.8 Å². The van der Waals surface area contributed by atoms with Gasteiger partial charge in [0.1, 0.15) is 0 Å². The maximum Gasteiger partial charge on any atom is 0.472 e. The van der Waals surface area contributed by atoms with Crippen molar-refractivity contribution >= 4 is 13.7 Å². The van der Waals surface area contributed by atoms with Crippen LogP contribution in [0.25, 0.3) is 0 Å². The summed E-state index contributed by atoms with van der Waals surface area (Å²) in [5, 5.41) is 24.1. The lowest BCUT2D eigenvalue weighted by Crippen LogP contribution is -2.46. The molecule has 55 heavy (non-hydrogen) atoms. The van der Waals surface area contributed by atoms with Crippen molar-refractivity contribution in [3.8, 4) is 0 Å². The predicted octanol–water partition coefficient (Wildman–Crippen LogP) is 11.9. The van der Waals surface area contributed by atoms with E-state index >= 15 is 0 Å². The van der Waals surface area contributed by atoms with Crippen molar-refractivity contribution in [1.82, 2.24) is 5.32 Å². The molecule has 0 aromatic carbocycles. The molecule has 0 heterocycles. The number of carbonyl (C=O) groups excluding carboxylic acids is 1. The molecule has 10 heteroatoms. The van der Waals surface area contributed by atoms with Crippen LogP contribution in [0.15, 0.2) is 24.3 Å². The zero-order valence-corrected chi connectivity index (χ0v) is 36.7. The van der Waals surface area contributed by atoms with Crippen molar-refractivity contribution in [3.05, 3.63) is 24.3 Å². The molecule has 4 atom stereocenters. The Morgan fingerprint density at radius 1 is 0.618 bits per heavy atom. The molecule has 6 N–H and O–H groups in total. The van der Waals surface area contributed by atoms with Gasteiger partial charge in [-0.1, -0.05) is 192 Å². The average Bonchev–Trinajstić information content (AvgIpc) is 3.16. The number of rotatable bonds is 43. The van der Waals surface area contributed by atoms with E-state index in [4.69, 9.17) is 14.8 Å².